The van der Waals surface area contributed by atoms with Crippen molar-refractivity contribution in [3.63, 3.8) is 0 Å². The average molecular weight is 300 g/mol. The van der Waals surface area contributed by atoms with Crippen LogP contribution < -0.4 is 4.74 Å². The number of furan rings is 1. The van der Waals surface area contributed by atoms with Crippen LogP contribution in [0.3, 0.4) is 0 Å². The number of rotatable bonds is 3. The van der Waals surface area contributed by atoms with Gasteiger partial charge in [-0.3, -0.25) is 4.79 Å². The summed E-state index contributed by atoms with van der Waals surface area (Å²) in [5.74, 6) is 0.980. The zero-order chi connectivity index (χ0) is 15.7. The quantitative estimate of drug-likeness (QED) is 0.945. The number of nitrogens with zero attached hydrogens (tertiary/aromatic N) is 2. The Morgan fingerprint density at radius 3 is 2.91 bits per heavy atom. The first-order valence-electron chi connectivity index (χ1n) is 6.88. The number of methoxy groups -OCH3 is 1. The molecule has 1 aliphatic rings. The molecule has 1 atom stereocenters. The van der Waals surface area contributed by atoms with Crippen LogP contribution in [0.1, 0.15) is 30.7 Å². The van der Waals surface area contributed by atoms with Crippen molar-refractivity contribution >= 4 is 11.6 Å². The first-order valence-corrected chi connectivity index (χ1v) is 6.88. The smallest absolute Gasteiger partial charge is 0.240 e. The second kappa shape index (κ2) is 5.55. The summed E-state index contributed by atoms with van der Waals surface area (Å²) in [7, 11) is 1.49. The predicted molar refractivity (Wildman–Crippen MR) is 79.8 cm³/mol. The van der Waals surface area contributed by atoms with Gasteiger partial charge in [0, 0.05) is 18.9 Å². The highest BCUT2D eigenvalue weighted by molar-refractivity contribution is 6.03. The van der Waals surface area contributed by atoms with Crippen LogP contribution in [0.2, 0.25) is 0 Å². The minimum Gasteiger partial charge on any atom is -0.504 e. The number of phenolic OH excluding ortho intramolecular Hbond substituents is 1. The molecule has 3 rings (SSSR count). The number of carbonyl (C=O) groups excluding carboxylic acids is 1. The van der Waals surface area contributed by atoms with Crippen molar-refractivity contribution in [2.45, 2.75) is 19.4 Å². The van der Waals surface area contributed by atoms with E-state index in [1.165, 1.54) is 19.0 Å². The average Bonchev–Trinajstić information content (AvgIpc) is 3.16. The summed E-state index contributed by atoms with van der Waals surface area (Å²) < 4.78 is 10.5. The van der Waals surface area contributed by atoms with E-state index in [1.807, 2.05) is 6.07 Å². The zero-order valence-electron chi connectivity index (χ0n) is 12.3. The number of aromatic hydroxyl groups is 1. The molecule has 1 aromatic carbocycles. The van der Waals surface area contributed by atoms with Crippen molar-refractivity contribution in [3.8, 4) is 11.5 Å². The lowest BCUT2D eigenvalue weighted by atomic mass is 10.0. The lowest BCUT2D eigenvalue weighted by molar-refractivity contribution is -0.130. The summed E-state index contributed by atoms with van der Waals surface area (Å²) in [4.78, 5) is 11.8. The highest BCUT2D eigenvalue weighted by Gasteiger charge is 2.33. The Labute approximate surface area is 127 Å². The lowest BCUT2D eigenvalue weighted by Gasteiger charge is -2.17. The third-order valence-electron chi connectivity index (χ3n) is 3.62. The van der Waals surface area contributed by atoms with Crippen LogP contribution in [0.25, 0.3) is 0 Å². The lowest BCUT2D eigenvalue weighted by Crippen LogP contribution is -2.23. The largest absolute Gasteiger partial charge is 0.504 e. The van der Waals surface area contributed by atoms with E-state index in [2.05, 4.69) is 5.10 Å². The summed E-state index contributed by atoms with van der Waals surface area (Å²) in [6.45, 7) is 1.47. The summed E-state index contributed by atoms with van der Waals surface area (Å²) in [5.41, 5.74) is 1.55. The molecule has 2 heterocycles. The van der Waals surface area contributed by atoms with Gasteiger partial charge in [0.1, 0.15) is 11.8 Å². The molecule has 1 amide bonds. The highest BCUT2D eigenvalue weighted by atomic mass is 16.5. The molecule has 0 saturated heterocycles. The molecule has 2 aromatic rings. The van der Waals surface area contributed by atoms with Gasteiger partial charge in [-0.1, -0.05) is 0 Å². The normalized spacial score (nSPS) is 17.5. The summed E-state index contributed by atoms with van der Waals surface area (Å²) in [5, 5.41) is 15.5. The first-order chi connectivity index (χ1) is 10.6. The molecular formula is C16H16N2O4. The molecule has 0 radical (unpaired) electrons. The van der Waals surface area contributed by atoms with Gasteiger partial charge in [-0.25, -0.2) is 5.01 Å². The number of carbonyl (C=O) groups is 1. The number of amides is 1. The van der Waals surface area contributed by atoms with Crippen molar-refractivity contribution in [2.75, 3.05) is 7.11 Å². The number of hydrogen-bond donors (Lipinski definition) is 1. The van der Waals surface area contributed by atoms with Crippen molar-refractivity contribution in [1.29, 1.82) is 0 Å². The fourth-order valence-electron chi connectivity index (χ4n) is 2.53. The van der Waals surface area contributed by atoms with Gasteiger partial charge in [0.05, 0.1) is 19.1 Å². The van der Waals surface area contributed by atoms with Gasteiger partial charge < -0.3 is 14.3 Å². The second-order valence-corrected chi connectivity index (χ2v) is 5.03. The van der Waals surface area contributed by atoms with Gasteiger partial charge in [0.2, 0.25) is 5.91 Å². The molecule has 1 aliphatic heterocycles. The van der Waals surface area contributed by atoms with E-state index in [0.717, 1.165) is 11.3 Å². The first kappa shape index (κ1) is 14.2. The third-order valence-corrected chi connectivity index (χ3v) is 3.62. The second-order valence-electron chi connectivity index (χ2n) is 5.03. The zero-order valence-corrected chi connectivity index (χ0v) is 12.3. The van der Waals surface area contributed by atoms with E-state index >= 15 is 0 Å². The standard InChI is InChI=1S/C16H16N2O4/c1-10(19)18-13(15-4-3-7-22-15)9-12(17-18)11-5-6-14(20)16(8-11)21-2/h3-8,13,20H,9H2,1-2H3/t13-/m1/s1. The van der Waals surface area contributed by atoms with Crippen molar-refractivity contribution in [2.24, 2.45) is 5.10 Å². The summed E-state index contributed by atoms with van der Waals surface area (Å²) in [6.07, 6.45) is 2.12. The van der Waals surface area contributed by atoms with Crippen LogP contribution in [0.15, 0.2) is 46.1 Å². The topological polar surface area (TPSA) is 75.3 Å². The number of hydrazone groups is 1. The van der Waals surface area contributed by atoms with Crippen molar-refractivity contribution in [1.82, 2.24) is 5.01 Å². The molecule has 0 bridgehead atoms. The number of ether oxygens (including phenoxy) is 1. The maximum absolute atomic E-state index is 11.8. The molecule has 1 N–H and O–H groups in total. The SMILES string of the molecule is COc1cc(C2=NN(C(C)=O)[C@@H](c3ccco3)C2)ccc1O. The van der Waals surface area contributed by atoms with Gasteiger partial charge in [-0.05, 0) is 30.3 Å². The third kappa shape index (κ3) is 2.43. The Hall–Kier alpha value is -2.76. The van der Waals surface area contributed by atoms with E-state index in [4.69, 9.17) is 9.15 Å². The van der Waals surface area contributed by atoms with Crippen LogP contribution >= 0.6 is 0 Å². The van der Waals surface area contributed by atoms with Gasteiger partial charge >= 0.3 is 0 Å². The number of hydrogen-bond acceptors (Lipinski definition) is 5. The predicted octanol–water partition coefficient (Wildman–Crippen LogP) is 2.69. The Morgan fingerprint density at radius 1 is 1.45 bits per heavy atom. The van der Waals surface area contributed by atoms with E-state index < -0.39 is 0 Å². The monoisotopic (exact) mass is 300 g/mol. The van der Waals surface area contributed by atoms with E-state index in [1.54, 1.807) is 30.5 Å². The summed E-state index contributed by atoms with van der Waals surface area (Å²) in [6, 6.07) is 8.37. The molecule has 1 aromatic heterocycles. The van der Waals surface area contributed by atoms with Crippen LogP contribution in [-0.4, -0.2) is 28.8 Å². The van der Waals surface area contributed by atoms with E-state index in [0.29, 0.717) is 17.9 Å². The van der Waals surface area contributed by atoms with Gasteiger partial charge in [-0.15, -0.1) is 0 Å². The van der Waals surface area contributed by atoms with Gasteiger partial charge in [0.25, 0.3) is 0 Å². The van der Waals surface area contributed by atoms with Crippen LogP contribution in [-0.2, 0) is 4.79 Å². The molecule has 6 nitrogen and oxygen atoms in total. The Kier molecular flexibility index (Phi) is 3.58. The molecule has 0 aliphatic carbocycles. The number of benzene rings is 1. The maximum atomic E-state index is 11.8. The van der Waals surface area contributed by atoms with Crippen LogP contribution in [0, 0.1) is 0 Å². The Bertz CT molecular complexity index is 722. The van der Waals surface area contributed by atoms with Gasteiger partial charge in [0.15, 0.2) is 11.5 Å². The number of phenols is 1. The Balaban J connectivity index is 1.95. The summed E-state index contributed by atoms with van der Waals surface area (Å²) >= 11 is 0. The fraction of sp³-hybridized carbons (Fsp3) is 0.250. The molecule has 0 fully saturated rings. The Morgan fingerprint density at radius 2 is 2.27 bits per heavy atom. The molecule has 0 unspecified atom stereocenters. The molecule has 22 heavy (non-hydrogen) atoms. The molecule has 114 valence electrons. The minimum absolute atomic E-state index is 0.0656. The van der Waals surface area contributed by atoms with E-state index in [9.17, 15) is 9.90 Å². The molecule has 6 heteroatoms. The van der Waals surface area contributed by atoms with Gasteiger partial charge in [-0.2, -0.15) is 5.10 Å². The molecular weight excluding hydrogens is 284 g/mol. The molecule has 0 spiro atoms. The van der Waals surface area contributed by atoms with Crippen molar-refractivity contribution in [3.05, 3.63) is 47.9 Å². The fourth-order valence-corrected chi connectivity index (χ4v) is 2.53. The highest BCUT2D eigenvalue weighted by Crippen LogP contribution is 2.35. The van der Waals surface area contributed by atoms with E-state index in [-0.39, 0.29) is 17.7 Å². The molecule has 0 saturated carbocycles. The maximum Gasteiger partial charge on any atom is 0.240 e. The van der Waals surface area contributed by atoms with Crippen molar-refractivity contribution < 1.29 is 19.1 Å². The van der Waals surface area contributed by atoms with Crippen LogP contribution in [0.5, 0.6) is 11.5 Å². The minimum atomic E-state index is -0.248. The van der Waals surface area contributed by atoms with Crippen LogP contribution in [0.4, 0.5) is 0 Å².